The topological polar surface area (TPSA) is 77.2 Å². The highest BCUT2D eigenvalue weighted by Crippen LogP contribution is 2.30. The minimum Gasteiger partial charge on any atom is -0.435 e. The van der Waals surface area contributed by atoms with Crippen LogP contribution in [0.3, 0.4) is 0 Å². The standard InChI is InChI=1S/C21H19F2N3O3S/c22-20(23)28-15-10-8-14(9-11-15)19-25-26-21(29-19)30-12-18(27)24-17-7-3-5-13-4-1-2-6-16(13)17/h1-2,4,6,8-11,17,20H,3,5,7,12H2,(H,24,27)/t17-/m1/s1. The van der Waals surface area contributed by atoms with Gasteiger partial charge in [-0.2, -0.15) is 8.78 Å². The fourth-order valence-electron chi connectivity index (χ4n) is 3.43. The first-order valence-corrected chi connectivity index (χ1v) is 10.5. The van der Waals surface area contributed by atoms with Gasteiger partial charge in [0.25, 0.3) is 5.22 Å². The average molecular weight is 431 g/mol. The molecule has 0 unspecified atom stereocenters. The van der Waals surface area contributed by atoms with Crippen LogP contribution in [0.4, 0.5) is 8.78 Å². The van der Waals surface area contributed by atoms with Crippen molar-refractivity contribution in [3.63, 3.8) is 0 Å². The van der Waals surface area contributed by atoms with Gasteiger partial charge >= 0.3 is 6.61 Å². The zero-order chi connectivity index (χ0) is 20.9. The molecule has 0 fully saturated rings. The Morgan fingerprint density at radius 1 is 1.20 bits per heavy atom. The first-order chi connectivity index (χ1) is 14.6. The minimum absolute atomic E-state index is 0.0234. The third-order valence-electron chi connectivity index (χ3n) is 4.76. The molecule has 1 amide bonds. The first-order valence-electron chi connectivity index (χ1n) is 9.47. The van der Waals surface area contributed by atoms with Gasteiger partial charge in [-0.05, 0) is 54.7 Å². The summed E-state index contributed by atoms with van der Waals surface area (Å²) in [5.41, 5.74) is 3.04. The summed E-state index contributed by atoms with van der Waals surface area (Å²) in [7, 11) is 0. The molecule has 1 heterocycles. The van der Waals surface area contributed by atoms with Gasteiger partial charge in [0.2, 0.25) is 11.8 Å². The minimum atomic E-state index is -2.88. The molecule has 1 aliphatic rings. The second-order valence-electron chi connectivity index (χ2n) is 6.78. The van der Waals surface area contributed by atoms with E-state index >= 15 is 0 Å². The van der Waals surface area contributed by atoms with Gasteiger partial charge in [-0.25, -0.2) is 0 Å². The van der Waals surface area contributed by atoms with E-state index in [1.807, 2.05) is 12.1 Å². The maximum Gasteiger partial charge on any atom is 0.387 e. The molecule has 1 N–H and O–H groups in total. The van der Waals surface area contributed by atoms with Crippen molar-refractivity contribution in [3.05, 3.63) is 59.7 Å². The number of hydrogen-bond donors (Lipinski definition) is 1. The molecule has 4 rings (SSSR count). The average Bonchev–Trinajstić information content (AvgIpc) is 3.22. The van der Waals surface area contributed by atoms with Crippen molar-refractivity contribution < 1.29 is 22.7 Å². The van der Waals surface area contributed by atoms with Crippen molar-refractivity contribution in [2.24, 2.45) is 0 Å². The number of rotatable bonds is 7. The molecule has 6 nitrogen and oxygen atoms in total. The van der Waals surface area contributed by atoms with Crippen molar-refractivity contribution in [2.45, 2.75) is 37.1 Å². The fraction of sp³-hybridized carbons (Fsp3) is 0.286. The molecule has 1 atom stereocenters. The summed E-state index contributed by atoms with van der Waals surface area (Å²) in [6.45, 7) is -2.88. The van der Waals surface area contributed by atoms with Gasteiger partial charge in [-0.15, -0.1) is 10.2 Å². The number of benzene rings is 2. The smallest absolute Gasteiger partial charge is 0.387 e. The number of carbonyl (C=O) groups is 1. The molecule has 1 aromatic heterocycles. The van der Waals surface area contributed by atoms with E-state index in [1.165, 1.54) is 23.3 Å². The van der Waals surface area contributed by atoms with Gasteiger partial charge in [0.15, 0.2) is 0 Å². The predicted octanol–water partition coefficient (Wildman–Crippen LogP) is 4.62. The second kappa shape index (κ2) is 9.25. The Hall–Kier alpha value is -2.94. The van der Waals surface area contributed by atoms with Gasteiger partial charge in [0.1, 0.15) is 5.75 Å². The van der Waals surface area contributed by atoms with E-state index in [-0.39, 0.29) is 34.6 Å². The number of nitrogens with zero attached hydrogens (tertiary/aromatic N) is 2. The molecular formula is C21H19F2N3O3S. The Kier molecular flexibility index (Phi) is 6.27. The molecular weight excluding hydrogens is 412 g/mol. The maximum absolute atomic E-state index is 12.4. The number of amides is 1. The van der Waals surface area contributed by atoms with Gasteiger partial charge in [-0.3, -0.25) is 4.79 Å². The summed E-state index contributed by atoms with van der Waals surface area (Å²) in [6.07, 6.45) is 3.00. The lowest BCUT2D eigenvalue weighted by atomic mass is 9.88. The number of aromatic nitrogens is 2. The zero-order valence-corrected chi connectivity index (χ0v) is 16.7. The van der Waals surface area contributed by atoms with Gasteiger partial charge in [0.05, 0.1) is 11.8 Å². The van der Waals surface area contributed by atoms with Crippen LogP contribution in [0.2, 0.25) is 0 Å². The van der Waals surface area contributed by atoms with Crippen LogP contribution in [0.5, 0.6) is 5.75 Å². The molecule has 0 saturated carbocycles. The molecule has 0 saturated heterocycles. The van der Waals surface area contributed by atoms with Gasteiger partial charge < -0.3 is 14.5 Å². The Morgan fingerprint density at radius 2 is 2.00 bits per heavy atom. The molecule has 0 radical (unpaired) electrons. The number of carbonyl (C=O) groups excluding carboxylic acids is 1. The number of hydrogen-bond acceptors (Lipinski definition) is 6. The van der Waals surface area contributed by atoms with E-state index in [0.29, 0.717) is 5.56 Å². The van der Waals surface area contributed by atoms with E-state index in [2.05, 4.69) is 32.4 Å². The summed E-state index contributed by atoms with van der Waals surface area (Å²) in [4.78, 5) is 12.4. The largest absolute Gasteiger partial charge is 0.435 e. The SMILES string of the molecule is O=C(CSc1nnc(-c2ccc(OC(F)F)cc2)o1)N[C@@H]1CCCc2ccccc21. The monoisotopic (exact) mass is 431 g/mol. The van der Waals surface area contributed by atoms with E-state index in [0.717, 1.165) is 31.0 Å². The van der Waals surface area contributed by atoms with Crippen molar-refractivity contribution in [1.82, 2.24) is 15.5 Å². The summed E-state index contributed by atoms with van der Waals surface area (Å²) >= 11 is 1.15. The number of halogens is 2. The molecule has 0 aliphatic heterocycles. The molecule has 156 valence electrons. The third-order valence-corrected chi connectivity index (χ3v) is 5.58. The lowest BCUT2D eigenvalue weighted by molar-refractivity contribution is -0.119. The fourth-order valence-corrected chi connectivity index (χ4v) is 4.01. The number of fused-ring (bicyclic) bond motifs is 1. The Bertz CT molecular complexity index is 1010. The Morgan fingerprint density at radius 3 is 2.80 bits per heavy atom. The van der Waals surface area contributed by atoms with Gasteiger partial charge in [-0.1, -0.05) is 36.0 Å². The molecule has 0 bridgehead atoms. The number of alkyl halides is 2. The predicted molar refractivity (Wildman–Crippen MR) is 107 cm³/mol. The van der Waals surface area contributed by atoms with Crippen molar-refractivity contribution in [2.75, 3.05) is 5.75 Å². The maximum atomic E-state index is 12.4. The lowest BCUT2D eigenvalue weighted by Crippen LogP contribution is -2.32. The third kappa shape index (κ3) is 4.96. The molecule has 0 spiro atoms. The van der Waals surface area contributed by atoms with Crippen LogP contribution in [0.15, 0.2) is 58.2 Å². The lowest BCUT2D eigenvalue weighted by Gasteiger charge is -2.26. The van der Waals surface area contributed by atoms with Crippen LogP contribution >= 0.6 is 11.8 Å². The summed E-state index contributed by atoms with van der Waals surface area (Å²) in [5, 5.41) is 11.2. The normalized spacial score (nSPS) is 15.6. The number of nitrogens with one attached hydrogen (secondary N) is 1. The van der Waals surface area contributed by atoms with Crippen LogP contribution in [0.1, 0.15) is 30.0 Å². The summed E-state index contributed by atoms with van der Waals surface area (Å²) in [6, 6.07) is 14.1. The molecule has 9 heteroatoms. The van der Waals surface area contributed by atoms with E-state index < -0.39 is 6.61 Å². The van der Waals surface area contributed by atoms with Crippen LogP contribution in [0.25, 0.3) is 11.5 Å². The first kappa shape index (κ1) is 20.3. The number of aryl methyl sites for hydroxylation is 1. The van der Waals surface area contributed by atoms with Crippen molar-refractivity contribution >= 4 is 17.7 Å². The zero-order valence-electron chi connectivity index (χ0n) is 15.9. The summed E-state index contributed by atoms with van der Waals surface area (Å²) in [5.74, 6) is 0.336. The second-order valence-corrected chi connectivity index (χ2v) is 7.70. The number of ether oxygens (including phenoxy) is 1. The highest BCUT2D eigenvalue weighted by molar-refractivity contribution is 7.99. The molecule has 1 aliphatic carbocycles. The van der Waals surface area contributed by atoms with E-state index in [9.17, 15) is 13.6 Å². The highest BCUT2D eigenvalue weighted by atomic mass is 32.2. The van der Waals surface area contributed by atoms with Crippen LogP contribution < -0.4 is 10.1 Å². The van der Waals surface area contributed by atoms with Crippen LogP contribution in [0, 0.1) is 0 Å². The van der Waals surface area contributed by atoms with Crippen molar-refractivity contribution in [1.29, 1.82) is 0 Å². The van der Waals surface area contributed by atoms with Crippen molar-refractivity contribution in [3.8, 4) is 17.2 Å². The Balaban J connectivity index is 1.32. The van der Waals surface area contributed by atoms with Crippen LogP contribution in [-0.2, 0) is 11.2 Å². The summed E-state index contributed by atoms with van der Waals surface area (Å²) < 4.78 is 34.3. The van der Waals surface area contributed by atoms with Gasteiger partial charge in [0, 0.05) is 5.56 Å². The van der Waals surface area contributed by atoms with E-state index in [4.69, 9.17) is 4.42 Å². The quantitative estimate of drug-likeness (QED) is 0.550. The number of thioether (sulfide) groups is 1. The van der Waals surface area contributed by atoms with Crippen LogP contribution in [-0.4, -0.2) is 28.5 Å². The Labute approximate surface area is 176 Å². The van der Waals surface area contributed by atoms with E-state index in [1.54, 1.807) is 12.1 Å². The molecule has 30 heavy (non-hydrogen) atoms. The molecule has 3 aromatic rings. The molecule has 2 aromatic carbocycles. The highest BCUT2D eigenvalue weighted by Gasteiger charge is 2.21.